The fourth-order valence-corrected chi connectivity index (χ4v) is 4.10. The zero-order chi connectivity index (χ0) is 15.3. The van der Waals surface area contributed by atoms with Crippen molar-refractivity contribution in [1.29, 1.82) is 0 Å². The fourth-order valence-electron chi connectivity index (χ4n) is 2.47. The van der Waals surface area contributed by atoms with Crippen molar-refractivity contribution in [2.24, 2.45) is 0 Å². The van der Waals surface area contributed by atoms with Gasteiger partial charge in [0.2, 0.25) is 10.0 Å². The number of rotatable bonds is 6. The number of benzene rings is 1. The molecule has 5 nitrogen and oxygen atoms in total. The maximum Gasteiger partial charge on any atom is 0.214 e. The Bertz CT molecular complexity index is 535. The highest BCUT2D eigenvalue weighted by Crippen LogP contribution is 2.21. The molecule has 1 heterocycles. The molecule has 2 rings (SSSR count). The molecule has 1 aliphatic heterocycles. The van der Waals surface area contributed by atoms with Gasteiger partial charge in [0, 0.05) is 31.9 Å². The molecule has 0 aliphatic carbocycles. The molecule has 0 bridgehead atoms. The van der Waals surface area contributed by atoms with Crippen LogP contribution in [0.1, 0.15) is 19.8 Å². The normalized spacial score (nSPS) is 17.0. The third-order valence-corrected chi connectivity index (χ3v) is 5.78. The van der Waals surface area contributed by atoms with Gasteiger partial charge in [0.25, 0.3) is 0 Å². The molecule has 0 atom stereocenters. The van der Waals surface area contributed by atoms with Crippen LogP contribution in [0, 0.1) is 0 Å². The third kappa shape index (κ3) is 4.11. The maximum absolute atomic E-state index is 12.2. The average Bonchev–Trinajstić information content (AvgIpc) is 2.53. The van der Waals surface area contributed by atoms with E-state index in [-0.39, 0.29) is 5.75 Å². The number of unbranched alkanes of at least 4 members (excludes halogenated alkanes) is 1. The highest BCUT2D eigenvalue weighted by molar-refractivity contribution is 7.89. The Balaban J connectivity index is 1.93. The SMILES string of the molecule is CCCCS(=O)(=O)N1CCN(c2ccc(OC)cc2)CC1. The smallest absolute Gasteiger partial charge is 0.214 e. The van der Waals surface area contributed by atoms with Gasteiger partial charge in [-0.2, -0.15) is 4.31 Å². The number of ether oxygens (including phenoxy) is 1. The minimum atomic E-state index is -3.08. The van der Waals surface area contributed by atoms with Crippen molar-refractivity contribution in [3.05, 3.63) is 24.3 Å². The largest absolute Gasteiger partial charge is 0.497 e. The van der Waals surface area contributed by atoms with E-state index in [1.165, 1.54) is 0 Å². The lowest BCUT2D eigenvalue weighted by Gasteiger charge is -2.35. The molecule has 6 heteroatoms. The van der Waals surface area contributed by atoms with Gasteiger partial charge in [-0.15, -0.1) is 0 Å². The monoisotopic (exact) mass is 312 g/mol. The lowest BCUT2D eigenvalue weighted by atomic mass is 10.2. The summed E-state index contributed by atoms with van der Waals surface area (Å²) in [7, 11) is -1.43. The van der Waals surface area contributed by atoms with Crippen molar-refractivity contribution in [1.82, 2.24) is 4.31 Å². The Morgan fingerprint density at radius 3 is 2.24 bits per heavy atom. The van der Waals surface area contributed by atoms with Crippen LogP contribution in [0.15, 0.2) is 24.3 Å². The molecule has 1 fully saturated rings. The molecule has 0 amide bonds. The maximum atomic E-state index is 12.2. The summed E-state index contributed by atoms with van der Waals surface area (Å²) in [6.45, 7) is 4.61. The number of hydrogen-bond acceptors (Lipinski definition) is 4. The molecule has 0 radical (unpaired) electrons. The van der Waals surface area contributed by atoms with Crippen molar-refractivity contribution in [3.8, 4) is 5.75 Å². The van der Waals surface area contributed by atoms with Crippen LogP contribution in [0.5, 0.6) is 5.75 Å². The second kappa shape index (κ2) is 7.13. The highest BCUT2D eigenvalue weighted by Gasteiger charge is 2.26. The van der Waals surface area contributed by atoms with Crippen LogP contribution in [0.25, 0.3) is 0 Å². The second-order valence-electron chi connectivity index (χ2n) is 5.25. The molecule has 118 valence electrons. The predicted molar refractivity (Wildman–Crippen MR) is 85.5 cm³/mol. The zero-order valence-corrected chi connectivity index (χ0v) is 13.6. The summed E-state index contributed by atoms with van der Waals surface area (Å²) in [5.74, 6) is 1.10. The third-order valence-electron chi connectivity index (χ3n) is 3.83. The topological polar surface area (TPSA) is 49.9 Å². The first kappa shape index (κ1) is 16.1. The molecular weight excluding hydrogens is 288 g/mol. The summed E-state index contributed by atoms with van der Waals surface area (Å²) in [5.41, 5.74) is 1.11. The molecule has 0 unspecified atom stereocenters. The van der Waals surface area contributed by atoms with E-state index >= 15 is 0 Å². The van der Waals surface area contributed by atoms with E-state index in [0.717, 1.165) is 37.4 Å². The molecular formula is C15H24N2O3S. The molecule has 1 aliphatic rings. The van der Waals surface area contributed by atoms with Gasteiger partial charge >= 0.3 is 0 Å². The Kier molecular flexibility index (Phi) is 5.47. The van der Waals surface area contributed by atoms with Gasteiger partial charge < -0.3 is 9.64 Å². The van der Waals surface area contributed by atoms with Crippen LogP contribution < -0.4 is 9.64 Å². The van der Waals surface area contributed by atoms with Crippen LogP contribution >= 0.6 is 0 Å². The van der Waals surface area contributed by atoms with E-state index in [1.807, 2.05) is 31.2 Å². The van der Waals surface area contributed by atoms with E-state index in [1.54, 1.807) is 11.4 Å². The summed E-state index contributed by atoms with van der Waals surface area (Å²) in [4.78, 5) is 2.21. The lowest BCUT2D eigenvalue weighted by Crippen LogP contribution is -2.49. The summed E-state index contributed by atoms with van der Waals surface area (Å²) in [5, 5.41) is 0. The first-order valence-electron chi connectivity index (χ1n) is 7.43. The van der Waals surface area contributed by atoms with E-state index in [4.69, 9.17) is 4.74 Å². The van der Waals surface area contributed by atoms with E-state index in [9.17, 15) is 8.42 Å². The van der Waals surface area contributed by atoms with Crippen molar-refractivity contribution in [2.75, 3.05) is 43.9 Å². The second-order valence-corrected chi connectivity index (χ2v) is 7.34. The number of sulfonamides is 1. The van der Waals surface area contributed by atoms with Gasteiger partial charge in [0.05, 0.1) is 12.9 Å². The Hall–Kier alpha value is -1.27. The number of nitrogens with zero attached hydrogens (tertiary/aromatic N) is 2. The number of hydrogen-bond donors (Lipinski definition) is 0. The summed E-state index contributed by atoms with van der Waals surface area (Å²) < 4.78 is 31.1. The first-order valence-corrected chi connectivity index (χ1v) is 9.04. The minimum absolute atomic E-state index is 0.270. The Morgan fingerprint density at radius 1 is 1.10 bits per heavy atom. The number of anilines is 1. The predicted octanol–water partition coefficient (Wildman–Crippen LogP) is 1.95. The molecule has 0 N–H and O–H groups in total. The molecule has 1 saturated heterocycles. The van der Waals surface area contributed by atoms with Gasteiger partial charge in [0.1, 0.15) is 5.75 Å². The van der Waals surface area contributed by atoms with Crippen molar-refractivity contribution in [3.63, 3.8) is 0 Å². The van der Waals surface area contributed by atoms with E-state index in [0.29, 0.717) is 13.1 Å². The molecule has 1 aromatic rings. The Morgan fingerprint density at radius 2 is 1.71 bits per heavy atom. The van der Waals surface area contributed by atoms with Crippen molar-refractivity contribution in [2.45, 2.75) is 19.8 Å². The minimum Gasteiger partial charge on any atom is -0.497 e. The van der Waals surface area contributed by atoms with Gasteiger partial charge in [-0.25, -0.2) is 8.42 Å². The van der Waals surface area contributed by atoms with E-state index < -0.39 is 10.0 Å². The fraction of sp³-hybridized carbons (Fsp3) is 0.600. The molecule has 0 spiro atoms. The van der Waals surface area contributed by atoms with E-state index in [2.05, 4.69) is 4.90 Å². The van der Waals surface area contributed by atoms with Crippen LogP contribution in [0.3, 0.4) is 0 Å². The van der Waals surface area contributed by atoms with Crippen LogP contribution in [-0.4, -0.2) is 51.8 Å². The van der Waals surface area contributed by atoms with Gasteiger partial charge in [0.15, 0.2) is 0 Å². The first-order chi connectivity index (χ1) is 10.1. The van der Waals surface area contributed by atoms with Crippen LogP contribution in [-0.2, 0) is 10.0 Å². The quantitative estimate of drug-likeness (QED) is 0.805. The van der Waals surface area contributed by atoms with Crippen LogP contribution in [0.4, 0.5) is 5.69 Å². The van der Waals surface area contributed by atoms with Gasteiger partial charge in [-0.3, -0.25) is 0 Å². The number of methoxy groups -OCH3 is 1. The standard InChI is InChI=1S/C15H24N2O3S/c1-3-4-13-21(18,19)17-11-9-16(10-12-17)14-5-7-15(20-2)8-6-14/h5-8H,3-4,9-13H2,1-2H3. The molecule has 21 heavy (non-hydrogen) atoms. The van der Waals surface area contributed by atoms with Gasteiger partial charge in [-0.05, 0) is 30.7 Å². The van der Waals surface area contributed by atoms with Crippen molar-refractivity contribution < 1.29 is 13.2 Å². The summed E-state index contributed by atoms with van der Waals surface area (Å²) >= 11 is 0. The van der Waals surface area contributed by atoms with Crippen molar-refractivity contribution >= 4 is 15.7 Å². The lowest BCUT2D eigenvalue weighted by molar-refractivity contribution is 0.384. The Labute approximate surface area is 127 Å². The zero-order valence-electron chi connectivity index (χ0n) is 12.8. The average molecular weight is 312 g/mol. The molecule has 0 saturated carbocycles. The number of piperazine rings is 1. The van der Waals surface area contributed by atoms with Crippen LogP contribution in [0.2, 0.25) is 0 Å². The summed E-state index contributed by atoms with van der Waals surface area (Å²) in [6.07, 6.45) is 1.64. The molecule has 0 aromatic heterocycles. The highest BCUT2D eigenvalue weighted by atomic mass is 32.2. The molecule has 1 aromatic carbocycles. The van der Waals surface area contributed by atoms with Gasteiger partial charge in [-0.1, -0.05) is 13.3 Å². The summed E-state index contributed by atoms with van der Waals surface area (Å²) in [6, 6.07) is 7.89.